The van der Waals surface area contributed by atoms with Crippen LogP contribution in [0.2, 0.25) is 0 Å². The molecule has 28 heavy (non-hydrogen) atoms. The standard InChI is InChI=1S/C24H28N2O2/c1-3-21(19-13-12-17-8-4-5-9-18(17)15-19)25-23(27)24(28)26-16(2)14-20-10-6-7-11-22(20)26/h6-7,10-13,15-16,21H,3-5,8-9,14H2,1-2H3,(H,25,27). The first kappa shape index (κ1) is 18.7. The fraction of sp³-hybridized carbons (Fsp3) is 0.417. The van der Waals surface area contributed by atoms with E-state index >= 15 is 0 Å². The van der Waals surface area contributed by atoms with Gasteiger partial charge in [-0.05, 0) is 73.8 Å². The lowest BCUT2D eigenvalue weighted by Gasteiger charge is -2.25. The number of benzene rings is 2. The molecule has 0 bridgehead atoms. The molecule has 2 aromatic carbocycles. The van der Waals surface area contributed by atoms with Crippen molar-refractivity contribution in [1.82, 2.24) is 5.32 Å². The van der Waals surface area contributed by atoms with Crippen molar-refractivity contribution in [2.45, 2.75) is 64.5 Å². The molecule has 2 aliphatic rings. The number of nitrogens with one attached hydrogen (secondary N) is 1. The maximum atomic E-state index is 12.9. The molecular formula is C24H28N2O2. The largest absolute Gasteiger partial charge is 0.341 e. The molecule has 1 heterocycles. The van der Waals surface area contributed by atoms with Crippen LogP contribution in [0.15, 0.2) is 42.5 Å². The van der Waals surface area contributed by atoms with E-state index in [1.165, 1.54) is 24.0 Å². The number of fused-ring (bicyclic) bond motifs is 2. The van der Waals surface area contributed by atoms with Gasteiger partial charge in [-0.3, -0.25) is 9.59 Å². The summed E-state index contributed by atoms with van der Waals surface area (Å²) in [7, 11) is 0. The Morgan fingerprint density at radius 1 is 1.07 bits per heavy atom. The number of carbonyl (C=O) groups is 2. The topological polar surface area (TPSA) is 49.4 Å². The minimum absolute atomic E-state index is 0.000490. The van der Waals surface area contributed by atoms with E-state index in [1.54, 1.807) is 4.90 Å². The second-order valence-corrected chi connectivity index (χ2v) is 8.03. The Labute approximate surface area is 166 Å². The van der Waals surface area contributed by atoms with Crippen molar-refractivity contribution in [2.75, 3.05) is 4.90 Å². The first-order valence-corrected chi connectivity index (χ1v) is 10.4. The number of carbonyl (C=O) groups excluding carboxylic acids is 2. The van der Waals surface area contributed by atoms with Crippen LogP contribution in [0.3, 0.4) is 0 Å². The lowest BCUT2D eigenvalue weighted by Crippen LogP contribution is -2.46. The SMILES string of the molecule is CCC(NC(=O)C(=O)N1c2ccccc2CC1C)c1ccc2c(c1)CCCC2. The minimum Gasteiger partial charge on any atom is -0.341 e. The Hall–Kier alpha value is -2.62. The number of amides is 2. The molecule has 0 spiro atoms. The monoisotopic (exact) mass is 376 g/mol. The number of anilines is 1. The molecule has 4 nitrogen and oxygen atoms in total. The fourth-order valence-corrected chi connectivity index (χ4v) is 4.60. The van der Waals surface area contributed by atoms with E-state index in [2.05, 4.69) is 23.5 Å². The Bertz CT molecular complexity index is 905. The summed E-state index contributed by atoms with van der Waals surface area (Å²) in [6.45, 7) is 4.04. The lowest BCUT2D eigenvalue weighted by molar-refractivity contribution is -0.138. The van der Waals surface area contributed by atoms with Gasteiger partial charge in [-0.15, -0.1) is 0 Å². The molecule has 2 amide bonds. The highest BCUT2D eigenvalue weighted by Crippen LogP contribution is 2.32. The zero-order chi connectivity index (χ0) is 19.7. The van der Waals surface area contributed by atoms with Crippen molar-refractivity contribution in [3.05, 3.63) is 64.7 Å². The zero-order valence-corrected chi connectivity index (χ0v) is 16.7. The zero-order valence-electron chi connectivity index (χ0n) is 16.7. The molecular weight excluding hydrogens is 348 g/mol. The highest BCUT2D eigenvalue weighted by molar-refractivity contribution is 6.40. The molecule has 1 aliphatic carbocycles. The van der Waals surface area contributed by atoms with Crippen molar-refractivity contribution >= 4 is 17.5 Å². The van der Waals surface area contributed by atoms with Crippen molar-refractivity contribution in [3.8, 4) is 0 Å². The number of para-hydroxylation sites is 1. The summed E-state index contributed by atoms with van der Waals surface area (Å²) in [6.07, 6.45) is 6.27. The molecule has 2 aromatic rings. The predicted octanol–water partition coefficient (Wildman–Crippen LogP) is 4.11. The highest BCUT2D eigenvalue weighted by Gasteiger charge is 2.34. The summed E-state index contributed by atoms with van der Waals surface area (Å²) in [5.41, 5.74) is 5.90. The maximum Gasteiger partial charge on any atom is 0.316 e. The van der Waals surface area contributed by atoms with Gasteiger partial charge in [0.15, 0.2) is 0 Å². The second-order valence-electron chi connectivity index (χ2n) is 8.03. The number of hydrogen-bond acceptors (Lipinski definition) is 2. The molecule has 0 saturated heterocycles. The van der Waals surface area contributed by atoms with Gasteiger partial charge >= 0.3 is 11.8 Å². The van der Waals surface area contributed by atoms with Gasteiger partial charge < -0.3 is 10.2 Å². The van der Waals surface area contributed by atoms with Crippen LogP contribution < -0.4 is 10.2 Å². The van der Waals surface area contributed by atoms with Crippen LogP contribution in [0.25, 0.3) is 0 Å². The Kier molecular flexibility index (Phi) is 5.21. The molecule has 2 unspecified atom stereocenters. The summed E-state index contributed by atoms with van der Waals surface area (Å²) in [5.74, 6) is -0.984. The number of hydrogen-bond donors (Lipinski definition) is 1. The van der Waals surface area contributed by atoms with Crippen LogP contribution >= 0.6 is 0 Å². The molecule has 4 heteroatoms. The van der Waals surface area contributed by atoms with E-state index in [4.69, 9.17) is 0 Å². The smallest absolute Gasteiger partial charge is 0.316 e. The second kappa shape index (κ2) is 7.78. The van der Waals surface area contributed by atoms with E-state index in [9.17, 15) is 9.59 Å². The van der Waals surface area contributed by atoms with Gasteiger partial charge in [0.2, 0.25) is 0 Å². The van der Waals surface area contributed by atoms with Crippen molar-refractivity contribution < 1.29 is 9.59 Å². The number of aryl methyl sites for hydroxylation is 2. The Morgan fingerprint density at radius 2 is 1.82 bits per heavy atom. The Balaban J connectivity index is 1.51. The van der Waals surface area contributed by atoms with Gasteiger partial charge in [0.1, 0.15) is 0 Å². The van der Waals surface area contributed by atoms with E-state index < -0.39 is 11.8 Å². The van der Waals surface area contributed by atoms with Crippen molar-refractivity contribution in [2.24, 2.45) is 0 Å². The first-order valence-electron chi connectivity index (χ1n) is 10.4. The molecule has 4 rings (SSSR count). The third-order valence-electron chi connectivity index (χ3n) is 6.11. The van der Waals surface area contributed by atoms with E-state index in [1.807, 2.05) is 38.1 Å². The molecule has 0 aromatic heterocycles. The maximum absolute atomic E-state index is 12.9. The summed E-state index contributed by atoms with van der Waals surface area (Å²) >= 11 is 0. The average molecular weight is 377 g/mol. The molecule has 0 radical (unpaired) electrons. The van der Waals surface area contributed by atoms with Gasteiger partial charge in [0, 0.05) is 11.7 Å². The molecule has 2 atom stereocenters. The van der Waals surface area contributed by atoms with Crippen LogP contribution in [0.4, 0.5) is 5.69 Å². The minimum atomic E-state index is -0.520. The number of nitrogens with zero attached hydrogens (tertiary/aromatic N) is 1. The van der Waals surface area contributed by atoms with Gasteiger partial charge in [0.25, 0.3) is 0 Å². The number of rotatable bonds is 3. The molecule has 0 saturated carbocycles. The normalized spacial score (nSPS) is 18.9. The van der Waals surface area contributed by atoms with Crippen molar-refractivity contribution in [1.29, 1.82) is 0 Å². The molecule has 0 fully saturated rings. The Morgan fingerprint density at radius 3 is 2.61 bits per heavy atom. The van der Waals surface area contributed by atoms with Gasteiger partial charge in [-0.25, -0.2) is 0 Å². The molecule has 1 aliphatic heterocycles. The van der Waals surface area contributed by atoms with Crippen LogP contribution in [0, 0.1) is 0 Å². The van der Waals surface area contributed by atoms with Crippen LogP contribution in [-0.4, -0.2) is 17.9 Å². The van der Waals surface area contributed by atoms with Crippen LogP contribution in [0.1, 0.15) is 61.4 Å². The third-order valence-corrected chi connectivity index (χ3v) is 6.11. The summed E-state index contributed by atoms with van der Waals surface area (Å²) in [4.78, 5) is 27.4. The lowest BCUT2D eigenvalue weighted by atomic mass is 9.89. The quantitative estimate of drug-likeness (QED) is 0.820. The summed E-state index contributed by atoms with van der Waals surface area (Å²) in [6, 6.07) is 14.2. The van der Waals surface area contributed by atoms with E-state index in [0.717, 1.165) is 42.5 Å². The fourth-order valence-electron chi connectivity index (χ4n) is 4.60. The van der Waals surface area contributed by atoms with Crippen LogP contribution in [0.5, 0.6) is 0 Å². The van der Waals surface area contributed by atoms with Crippen LogP contribution in [-0.2, 0) is 28.9 Å². The summed E-state index contributed by atoms with van der Waals surface area (Å²) < 4.78 is 0. The van der Waals surface area contributed by atoms with Gasteiger partial charge in [0.05, 0.1) is 6.04 Å². The molecule has 1 N–H and O–H groups in total. The van der Waals surface area contributed by atoms with Gasteiger partial charge in [-0.2, -0.15) is 0 Å². The third kappa shape index (κ3) is 3.44. The summed E-state index contributed by atoms with van der Waals surface area (Å²) in [5, 5.41) is 2.99. The first-order chi connectivity index (χ1) is 13.6. The molecule has 146 valence electrons. The highest BCUT2D eigenvalue weighted by atomic mass is 16.2. The van der Waals surface area contributed by atoms with Crippen molar-refractivity contribution in [3.63, 3.8) is 0 Å². The van der Waals surface area contributed by atoms with Gasteiger partial charge in [-0.1, -0.05) is 43.3 Å². The van der Waals surface area contributed by atoms with E-state index in [0.29, 0.717) is 0 Å². The average Bonchev–Trinajstić information content (AvgIpc) is 3.06. The van der Waals surface area contributed by atoms with E-state index in [-0.39, 0.29) is 12.1 Å². The predicted molar refractivity (Wildman–Crippen MR) is 111 cm³/mol.